The van der Waals surface area contributed by atoms with E-state index in [-0.39, 0.29) is 25.3 Å². The van der Waals surface area contributed by atoms with Crippen LogP contribution in [0.2, 0.25) is 0 Å². The van der Waals surface area contributed by atoms with Gasteiger partial charge in [-0.25, -0.2) is 13.2 Å². The largest absolute Gasteiger partial charge is 0.352 e. The molecule has 0 atom stereocenters. The van der Waals surface area contributed by atoms with Gasteiger partial charge >= 0.3 is 0 Å². The molecule has 0 aromatic heterocycles. The van der Waals surface area contributed by atoms with E-state index in [1.165, 1.54) is 37.3 Å². The van der Waals surface area contributed by atoms with E-state index in [1.54, 1.807) is 0 Å². The van der Waals surface area contributed by atoms with Crippen LogP contribution in [0.5, 0.6) is 0 Å². The molecule has 4 nitrogen and oxygen atoms in total. The molecule has 0 unspecified atom stereocenters. The minimum atomic E-state index is -0.873. The van der Waals surface area contributed by atoms with E-state index in [9.17, 15) is 22.8 Å². The maximum absolute atomic E-state index is 13.8. The van der Waals surface area contributed by atoms with E-state index >= 15 is 0 Å². The van der Waals surface area contributed by atoms with E-state index in [0.29, 0.717) is 5.56 Å². The van der Waals surface area contributed by atoms with E-state index in [2.05, 4.69) is 5.32 Å². The molecule has 0 saturated heterocycles. The minimum Gasteiger partial charge on any atom is -0.352 e. The van der Waals surface area contributed by atoms with Crippen molar-refractivity contribution in [3.63, 3.8) is 0 Å². The van der Waals surface area contributed by atoms with Crippen molar-refractivity contribution in [1.29, 1.82) is 0 Å². The van der Waals surface area contributed by atoms with E-state index in [1.807, 2.05) is 0 Å². The fraction of sp³-hybridized carbons (Fsp3) is 0.222. The highest BCUT2D eigenvalue weighted by Gasteiger charge is 2.20. The Hall–Kier alpha value is -2.83. The summed E-state index contributed by atoms with van der Waals surface area (Å²) in [5, 5.41) is 2.61. The number of carbonyl (C=O) groups excluding carboxylic acids is 2. The van der Waals surface area contributed by atoms with Gasteiger partial charge in [-0.3, -0.25) is 9.59 Å². The zero-order valence-corrected chi connectivity index (χ0v) is 13.6. The number of carbonyl (C=O) groups is 2. The van der Waals surface area contributed by atoms with Crippen LogP contribution in [0.3, 0.4) is 0 Å². The Bertz CT molecular complexity index is 743. The number of amides is 2. The molecule has 0 aliphatic carbocycles. The Labute approximate surface area is 143 Å². The molecular weight excluding hydrogens is 333 g/mol. The molecule has 0 aliphatic heterocycles. The van der Waals surface area contributed by atoms with Crippen LogP contribution in [0.25, 0.3) is 0 Å². The molecule has 7 heteroatoms. The van der Waals surface area contributed by atoms with Crippen LogP contribution in [0, 0.1) is 17.5 Å². The van der Waals surface area contributed by atoms with Gasteiger partial charge in [-0.05, 0) is 29.8 Å². The molecule has 25 heavy (non-hydrogen) atoms. The average molecular weight is 350 g/mol. The van der Waals surface area contributed by atoms with Crippen LogP contribution < -0.4 is 10.2 Å². The number of hydrogen-bond acceptors (Lipinski definition) is 2. The quantitative estimate of drug-likeness (QED) is 0.870. The second-order valence-electron chi connectivity index (χ2n) is 5.39. The van der Waals surface area contributed by atoms with Gasteiger partial charge in [-0.15, -0.1) is 0 Å². The predicted molar refractivity (Wildman–Crippen MR) is 87.2 cm³/mol. The molecule has 1 N–H and O–H groups in total. The number of anilines is 1. The molecule has 0 aliphatic rings. The Balaban J connectivity index is 1.96. The maximum atomic E-state index is 13.8. The van der Waals surface area contributed by atoms with Crippen molar-refractivity contribution in [1.82, 2.24) is 5.32 Å². The summed E-state index contributed by atoms with van der Waals surface area (Å²) < 4.78 is 40.5. The van der Waals surface area contributed by atoms with E-state index in [0.717, 1.165) is 17.0 Å². The number of nitrogens with one attached hydrogen (secondary N) is 1. The number of rotatable bonds is 6. The van der Waals surface area contributed by atoms with Crippen molar-refractivity contribution in [2.45, 2.75) is 19.9 Å². The lowest BCUT2D eigenvalue weighted by molar-refractivity contribution is -0.121. The zero-order valence-electron chi connectivity index (χ0n) is 13.6. The smallest absolute Gasteiger partial charge is 0.224 e. The molecule has 0 heterocycles. The Morgan fingerprint density at radius 1 is 1.00 bits per heavy atom. The van der Waals surface area contributed by atoms with Crippen molar-refractivity contribution in [2.75, 3.05) is 11.4 Å². The molecule has 132 valence electrons. The minimum absolute atomic E-state index is 0.130. The lowest BCUT2D eigenvalue weighted by Crippen LogP contribution is -2.34. The van der Waals surface area contributed by atoms with Gasteiger partial charge in [0.25, 0.3) is 0 Å². The summed E-state index contributed by atoms with van der Waals surface area (Å²) in [7, 11) is 0. The number of para-hydroxylation sites is 1. The Kier molecular flexibility index (Phi) is 6.16. The summed E-state index contributed by atoms with van der Waals surface area (Å²) in [5.74, 6) is -3.09. The highest BCUT2D eigenvalue weighted by Crippen LogP contribution is 2.23. The van der Waals surface area contributed by atoms with Crippen LogP contribution >= 0.6 is 0 Å². The molecule has 0 bridgehead atoms. The van der Waals surface area contributed by atoms with Crippen molar-refractivity contribution in [3.05, 3.63) is 65.5 Å². The average Bonchev–Trinajstić information content (AvgIpc) is 2.56. The first kappa shape index (κ1) is 18.5. The summed E-state index contributed by atoms with van der Waals surface area (Å²) in [4.78, 5) is 24.5. The van der Waals surface area contributed by atoms with Gasteiger partial charge in [0.05, 0.1) is 0 Å². The summed E-state index contributed by atoms with van der Waals surface area (Å²) in [6.07, 6.45) is -0.130. The van der Waals surface area contributed by atoms with Crippen LogP contribution in [-0.2, 0) is 16.1 Å². The predicted octanol–water partition coefficient (Wildman–Crippen LogP) is 3.16. The summed E-state index contributed by atoms with van der Waals surface area (Å²) in [5.41, 5.74) is 0.236. The lowest BCUT2D eigenvalue weighted by Gasteiger charge is -2.22. The van der Waals surface area contributed by atoms with Gasteiger partial charge in [0.15, 0.2) is 0 Å². The summed E-state index contributed by atoms with van der Waals surface area (Å²) >= 11 is 0. The van der Waals surface area contributed by atoms with E-state index in [4.69, 9.17) is 0 Å². The third-order valence-corrected chi connectivity index (χ3v) is 3.55. The summed E-state index contributed by atoms with van der Waals surface area (Å²) in [6.45, 7) is 1.19. The first-order valence-electron chi connectivity index (χ1n) is 7.61. The first-order chi connectivity index (χ1) is 11.9. The normalized spacial score (nSPS) is 10.4. The second-order valence-corrected chi connectivity index (χ2v) is 5.39. The van der Waals surface area contributed by atoms with Crippen molar-refractivity contribution >= 4 is 17.5 Å². The molecule has 2 rings (SSSR count). The van der Waals surface area contributed by atoms with Crippen LogP contribution in [0.4, 0.5) is 18.9 Å². The maximum Gasteiger partial charge on any atom is 0.224 e. The Morgan fingerprint density at radius 2 is 1.60 bits per heavy atom. The summed E-state index contributed by atoms with van der Waals surface area (Å²) in [6, 6.07) is 8.91. The van der Waals surface area contributed by atoms with Gasteiger partial charge in [-0.2, -0.15) is 0 Å². The SMILES string of the molecule is CC(=O)N(CCC(=O)NCc1ccc(F)cc1)c1c(F)cccc1F. The Morgan fingerprint density at radius 3 is 2.16 bits per heavy atom. The molecule has 0 spiro atoms. The second kappa shape index (κ2) is 8.32. The van der Waals surface area contributed by atoms with E-state index < -0.39 is 29.1 Å². The fourth-order valence-electron chi connectivity index (χ4n) is 2.28. The molecule has 0 radical (unpaired) electrons. The highest BCUT2D eigenvalue weighted by atomic mass is 19.1. The zero-order chi connectivity index (χ0) is 18.4. The van der Waals surface area contributed by atoms with Gasteiger partial charge in [0.2, 0.25) is 11.8 Å². The third-order valence-electron chi connectivity index (χ3n) is 3.55. The molecular formula is C18H17F3N2O2. The van der Waals surface area contributed by atoms with Gasteiger partial charge in [0, 0.05) is 26.4 Å². The van der Waals surface area contributed by atoms with Crippen molar-refractivity contribution < 1.29 is 22.8 Å². The molecule has 2 amide bonds. The molecule has 0 fully saturated rings. The number of hydrogen-bond donors (Lipinski definition) is 1. The number of benzene rings is 2. The monoisotopic (exact) mass is 350 g/mol. The van der Waals surface area contributed by atoms with Crippen LogP contribution in [-0.4, -0.2) is 18.4 Å². The van der Waals surface area contributed by atoms with Crippen LogP contribution in [0.1, 0.15) is 18.9 Å². The molecule has 2 aromatic carbocycles. The molecule has 0 saturated carbocycles. The van der Waals surface area contributed by atoms with Crippen molar-refractivity contribution in [2.24, 2.45) is 0 Å². The highest BCUT2D eigenvalue weighted by molar-refractivity contribution is 5.92. The lowest BCUT2D eigenvalue weighted by atomic mass is 10.2. The number of nitrogens with zero attached hydrogens (tertiary/aromatic N) is 1. The molecule has 2 aromatic rings. The van der Waals surface area contributed by atoms with Crippen molar-refractivity contribution in [3.8, 4) is 0 Å². The van der Waals surface area contributed by atoms with Gasteiger partial charge < -0.3 is 10.2 Å². The third kappa shape index (κ3) is 5.07. The standard InChI is InChI=1S/C18H17F3N2O2/c1-12(24)23(18-15(20)3-2-4-16(18)21)10-9-17(25)22-11-13-5-7-14(19)8-6-13/h2-8H,9-11H2,1H3,(H,22,25). The first-order valence-corrected chi connectivity index (χ1v) is 7.61. The number of halogens is 3. The van der Waals surface area contributed by atoms with Crippen LogP contribution in [0.15, 0.2) is 42.5 Å². The topological polar surface area (TPSA) is 49.4 Å². The van der Waals surface area contributed by atoms with Gasteiger partial charge in [0.1, 0.15) is 23.1 Å². The van der Waals surface area contributed by atoms with Gasteiger partial charge in [-0.1, -0.05) is 18.2 Å². The fourth-order valence-corrected chi connectivity index (χ4v) is 2.28.